The van der Waals surface area contributed by atoms with Gasteiger partial charge in [0.2, 0.25) is 0 Å². The van der Waals surface area contributed by atoms with Gasteiger partial charge in [0.15, 0.2) is 0 Å². The summed E-state index contributed by atoms with van der Waals surface area (Å²) in [6.07, 6.45) is 7.01. The Morgan fingerprint density at radius 1 is 1.16 bits per heavy atom. The fourth-order valence-corrected chi connectivity index (χ4v) is 3.74. The van der Waals surface area contributed by atoms with Crippen LogP contribution >= 0.6 is 11.8 Å². The van der Waals surface area contributed by atoms with Gasteiger partial charge in [0.25, 0.3) is 0 Å². The van der Waals surface area contributed by atoms with Crippen LogP contribution in [0, 0.1) is 13.8 Å². The summed E-state index contributed by atoms with van der Waals surface area (Å²) >= 11 is 1.99. The Kier molecular flexibility index (Phi) is 5.77. The first-order chi connectivity index (χ1) is 9.15. The lowest BCUT2D eigenvalue weighted by atomic mass is 9.95. The van der Waals surface area contributed by atoms with E-state index in [1.807, 2.05) is 11.8 Å². The molecule has 19 heavy (non-hydrogen) atoms. The molecular weight excluding hydrogens is 250 g/mol. The molecule has 0 aliphatic heterocycles. The van der Waals surface area contributed by atoms with E-state index in [9.17, 15) is 0 Å². The molecule has 1 atom stereocenters. The number of rotatable bonds is 5. The predicted octanol–water partition coefficient (Wildman–Crippen LogP) is 4.71. The number of aryl methyl sites for hydroxylation is 2. The fraction of sp³-hybridized carbons (Fsp3) is 0.647. The van der Waals surface area contributed by atoms with Gasteiger partial charge in [-0.15, -0.1) is 11.8 Å². The highest BCUT2D eigenvalue weighted by Gasteiger charge is 2.14. The van der Waals surface area contributed by atoms with Gasteiger partial charge in [-0.25, -0.2) is 0 Å². The molecular formula is C17H27NS. The van der Waals surface area contributed by atoms with Gasteiger partial charge >= 0.3 is 0 Å². The van der Waals surface area contributed by atoms with Crippen LogP contribution < -0.4 is 5.32 Å². The zero-order valence-corrected chi connectivity index (χ0v) is 13.4. The molecule has 1 fully saturated rings. The van der Waals surface area contributed by atoms with Crippen molar-refractivity contribution in [1.82, 2.24) is 5.32 Å². The van der Waals surface area contributed by atoms with Gasteiger partial charge in [-0.2, -0.15) is 0 Å². The number of hydrogen-bond donors (Lipinski definition) is 1. The van der Waals surface area contributed by atoms with Crippen molar-refractivity contribution in [3.63, 3.8) is 0 Å². The number of hydrogen-bond acceptors (Lipinski definition) is 2. The first kappa shape index (κ1) is 14.9. The van der Waals surface area contributed by atoms with Crippen LogP contribution in [0.1, 0.15) is 50.2 Å². The lowest BCUT2D eigenvalue weighted by molar-refractivity contribution is 0.375. The molecule has 0 saturated heterocycles. The average molecular weight is 277 g/mol. The number of nitrogens with one attached hydrogen (secondary N) is 1. The van der Waals surface area contributed by atoms with E-state index in [2.05, 4.69) is 44.3 Å². The van der Waals surface area contributed by atoms with E-state index < -0.39 is 0 Å². The van der Waals surface area contributed by atoms with Gasteiger partial charge in [-0.05, 0) is 49.9 Å². The summed E-state index contributed by atoms with van der Waals surface area (Å²) < 4.78 is 0. The van der Waals surface area contributed by atoms with Crippen LogP contribution in [0.15, 0.2) is 23.1 Å². The molecule has 1 saturated carbocycles. The molecule has 2 heteroatoms. The van der Waals surface area contributed by atoms with Gasteiger partial charge < -0.3 is 5.32 Å². The standard InChI is InChI=1S/C17H27NS/c1-13-9-10-17(11-14(13)2)19-15(3)12-18-16-7-5-4-6-8-16/h9-11,15-16,18H,4-8,12H2,1-3H3. The second-order valence-corrected chi connectivity index (χ2v) is 7.43. The van der Waals surface area contributed by atoms with E-state index in [1.165, 1.54) is 48.1 Å². The van der Waals surface area contributed by atoms with Crippen molar-refractivity contribution in [2.75, 3.05) is 6.54 Å². The van der Waals surface area contributed by atoms with E-state index in [-0.39, 0.29) is 0 Å². The molecule has 0 amide bonds. The Labute approximate surface area is 122 Å². The molecule has 0 aromatic heterocycles. The summed E-state index contributed by atoms with van der Waals surface area (Å²) in [6, 6.07) is 7.58. The quantitative estimate of drug-likeness (QED) is 0.783. The van der Waals surface area contributed by atoms with E-state index in [1.54, 1.807) is 0 Å². The molecule has 1 aliphatic carbocycles. The van der Waals surface area contributed by atoms with Crippen LogP contribution in [-0.4, -0.2) is 17.8 Å². The van der Waals surface area contributed by atoms with Crippen LogP contribution in [0.5, 0.6) is 0 Å². The maximum absolute atomic E-state index is 3.75. The summed E-state index contributed by atoms with van der Waals surface area (Å²) in [7, 11) is 0. The Hall–Kier alpha value is -0.470. The maximum Gasteiger partial charge on any atom is 0.0191 e. The molecule has 1 aromatic carbocycles. The molecule has 0 radical (unpaired) electrons. The molecule has 1 aliphatic rings. The summed E-state index contributed by atoms with van der Waals surface area (Å²) in [5, 5.41) is 4.39. The van der Waals surface area contributed by atoms with Crippen LogP contribution in [0.3, 0.4) is 0 Å². The topological polar surface area (TPSA) is 12.0 Å². The van der Waals surface area contributed by atoms with Crippen LogP contribution in [-0.2, 0) is 0 Å². The smallest absolute Gasteiger partial charge is 0.0191 e. The molecule has 0 heterocycles. The van der Waals surface area contributed by atoms with Gasteiger partial charge in [-0.3, -0.25) is 0 Å². The predicted molar refractivity (Wildman–Crippen MR) is 86.1 cm³/mol. The maximum atomic E-state index is 3.75. The Morgan fingerprint density at radius 2 is 1.89 bits per heavy atom. The van der Waals surface area contributed by atoms with Crippen molar-refractivity contribution in [2.24, 2.45) is 0 Å². The summed E-state index contributed by atoms with van der Waals surface area (Å²) in [5.41, 5.74) is 2.79. The second-order valence-electron chi connectivity index (χ2n) is 5.92. The van der Waals surface area contributed by atoms with Crippen molar-refractivity contribution >= 4 is 11.8 Å². The Balaban J connectivity index is 1.76. The third-order valence-electron chi connectivity index (χ3n) is 4.11. The van der Waals surface area contributed by atoms with Crippen molar-refractivity contribution in [2.45, 2.75) is 69.1 Å². The molecule has 0 spiro atoms. The van der Waals surface area contributed by atoms with Crippen LogP contribution in [0.25, 0.3) is 0 Å². The normalized spacial score (nSPS) is 18.5. The average Bonchev–Trinajstić information content (AvgIpc) is 2.42. The lowest BCUT2D eigenvalue weighted by Gasteiger charge is -2.24. The minimum Gasteiger partial charge on any atom is -0.313 e. The molecule has 1 aromatic rings. The SMILES string of the molecule is Cc1ccc(SC(C)CNC2CCCCC2)cc1C. The Bertz CT molecular complexity index is 396. The van der Waals surface area contributed by atoms with Crippen LogP contribution in [0.4, 0.5) is 0 Å². The van der Waals surface area contributed by atoms with Crippen molar-refractivity contribution in [3.05, 3.63) is 29.3 Å². The largest absolute Gasteiger partial charge is 0.313 e. The summed E-state index contributed by atoms with van der Waals surface area (Å²) in [4.78, 5) is 1.40. The van der Waals surface area contributed by atoms with Crippen molar-refractivity contribution in [3.8, 4) is 0 Å². The van der Waals surface area contributed by atoms with Gasteiger partial charge in [-0.1, -0.05) is 32.3 Å². The molecule has 1 N–H and O–H groups in total. The van der Waals surface area contributed by atoms with Gasteiger partial charge in [0, 0.05) is 22.7 Å². The molecule has 2 rings (SSSR count). The highest BCUT2D eigenvalue weighted by molar-refractivity contribution is 8.00. The lowest BCUT2D eigenvalue weighted by Crippen LogP contribution is -2.35. The van der Waals surface area contributed by atoms with Crippen molar-refractivity contribution in [1.29, 1.82) is 0 Å². The fourth-order valence-electron chi connectivity index (χ4n) is 2.70. The molecule has 1 unspecified atom stereocenters. The first-order valence-corrected chi connectivity index (χ1v) is 8.50. The van der Waals surface area contributed by atoms with Crippen LogP contribution in [0.2, 0.25) is 0 Å². The molecule has 106 valence electrons. The van der Waals surface area contributed by atoms with Gasteiger partial charge in [0.1, 0.15) is 0 Å². The third-order valence-corrected chi connectivity index (χ3v) is 5.21. The molecule has 1 nitrogen and oxygen atoms in total. The number of benzene rings is 1. The highest BCUT2D eigenvalue weighted by atomic mass is 32.2. The second kappa shape index (κ2) is 7.35. The first-order valence-electron chi connectivity index (χ1n) is 7.62. The minimum atomic E-state index is 0.643. The van der Waals surface area contributed by atoms with E-state index in [0.29, 0.717) is 5.25 Å². The number of thioether (sulfide) groups is 1. The third kappa shape index (κ3) is 4.85. The zero-order valence-electron chi connectivity index (χ0n) is 12.5. The van der Waals surface area contributed by atoms with Crippen molar-refractivity contribution < 1.29 is 0 Å². The molecule has 0 bridgehead atoms. The van der Waals surface area contributed by atoms with Gasteiger partial charge in [0.05, 0.1) is 0 Å². The summed E-state index contributed by atoms with van der Waals surface area (Å²) in [6.45, 7) is 7.83. The van der Waals surface area contributed by atoms with E-state index in [0.717, 1.165) is 12.6 Å². The van der Waals surface area contributed by atoms with E-state index >= 15 is 0 Å². The minimum absolute atomic E-state index is 0.643. The monoisotopic (exact) mass is 277 g/mol. The Morgan fingerprint density at radius 3 is 2.58 bits per heavy atom. The highest BCUT2D eigenvalue weighted by Crippen LogP contribution is 2.25. The summed E-state index contributed by atoms with van der Waals surface area (Å²) in [5.74, 6) is 0. The van der Waals surface area contributed by atoms with E-state index in [4.69, 9.17) is 0 Å². The zero-order chi connectivity index (χ0) is 13.7.